The smallest absolute Gasteiger partial charge is 0.336 e. The first-order chi connectivity index (χ1) is 6.27. The molecule has 1 aliphatic heterocycles. The summed E-state index contributed by atoms with van der Waals surface area (Å²) in [5, 5.41) is 0. The van der Waals surface area contributed by atoms with Crippen molar-refractivity contribution in [3.63, 3.8) is 0 Å². The van der Waals surface area contributed by atoms with E-state index in [0.29, 0.717) is 13.2 Å². The molecule has 1 heterocycles. The lowest BCUT2D eigenvalue weighted by atomic mass is 10.3. The molecule has 2 atom stereocenters. The van der Waals surface area contributed by atoms with Crippen LogP contribution in [0.5, 0.6) is 0 Å². The van der Waals surface area contributed by atoms with Gasteiger partial charge in [-0.1, -0.05) is 0 Å². The zero-order chi connectivity index (χ0) is 9.68. The van der Waals surface area contributed by atoms with Crippen LogP contribution >= 0.6 is 0 Å². The summed E-state index contributed by atoms with van der Waals surface area (Å²) in [6.45, 7) is 1.27. The minimum absolute atomic E-state index is 0.128. The minimum Gasteiger partial charge on any atom is -0.458 e. The van der Waals surface area contributed by atoms with Gasteiger partial charge in [-0.2, -0.15) is 0 Å². The van der Waals surface area contributed by atoms with Gasteiger partial charge >= 0.3 is 5.97 Å². The molecule has 0 radical (unpaired) electrons. The highest BCUT2D eigenvalue weighted by atomic mass is 16.6. The lowest BCUT2D eigenvalue weighted by molar-refractivity contribution is -0.160. The molecule has 1 rings (SSSR count). The van der Waals surface area contributed by atoms with Crippen LogP contribution in [0, 0.1) is 0 Å². The number of hydrogen-bond acceptors (Lipinski definition) is 5. The fourth-order valence-electron chi connectivity index (χ4n) is 1.13. The average molecular weight is 189 g/mol. The summed E-state index contributed by atoms with van der Waals surface area (Å²) in [4.78, 5) is 11.3. The van der Waals surface area contributed by atoms with Gasteiger partial charge in [0.2, 0.25) is 0 Å². The fraction of sp³-hybridized carbons (Fsp3) is 0.875. The molecule has 2 unspecified atom stereocenters. The molecule has 5 heteroatoms. The normalized spacial score (nSPS) is 24.3. The Labute approximate surface area is 77.1 Å². The molecule has 0 amide bonds. The van der Waals surface area contributed by atoms with Gasteiger partial charge in [0.25, 0.3) is 0 Å². The number of carbonyl (C=O) groups excluding carboxylic acids is 1. The molecule has 0 bridgehead atoms. The molecule has 0 aromatic carbocycles. The SMILES string of the molecule is COC(CN)C(=O)OC1CCOC1. The van der Waals surface area contributed by atoms with Gasteiger partial charge in [0.15, 0.2) is 6.10 Å². The third kappa shape index (κ3) is 2.95. The molecule has 0 aromatic rings. The van der Waals surface area contributed by atoms with Crippen molar-refractivity contribution < 1.29 is 19.0 Å². The van der Waals surface area contributed by atoms with Crippen molar-refractivity contribution in [2.75, 3.05) is 26.9 Å². The molecule has 5 nitrogen and oxygen atoms in total. The molecule has 0 spiro atoms. The van der Waals surface area contributed by atoms with Crippen molar-refractivity contribution in [3.8, 4) is 0 Å². The van der Waals surface area contributed by atoms with Crippen LogP contribution in [-0.4, -0.2) is 45.0 Å². The first-order valence-electron chi connectivity index (χ1n) is 4.29. The summed E-state index contributed by atoms with van der Waals surface area (Å²) in [6, 6.07) is 0. The number of rotatable bonds is 4. The number of carbonyl (C=O) groups is 1. The van der Waals surface area contributed by atoms with Gasteiger partial charge in [0, 0.05) is 20.1 Å². The van der Waals surface area contributed by atoms with E-state index in [0.717, 1.165) is 6.42 Å². The van der Waals surface area contributed by atoms with Crippen molar-refractivity contribution >= 4 is 5.97 Å². The Kier molecular flexibility index (Phi) is 4.14. The van der Waals surface area contributed by atoms with Gasteiger partial charge in [-0.05, 0) is 0 Å². The van der Waals surface area contributed by atoms with E-state index in [2.05, 4.69) is 0 Å². The van der Waals surface area contributed by atoms with Crippen molar-refractivity contribution in [3.05, 3.63) is 0 Å². The van der Waals surface area contributed by atoms with Crippen molar-refractivity contribution in [2.24, 2.45) is 5.73 Å². The Hall–Kier alpha value is -0.650. The molecule has 13 heavy (non-hydrogen) atoms. The summed E-state index contributed by atoms with van der Waals surface area (Å²) in [5.41, 5.74) is 5.30. The van der Waals surface area contributed by atoms with E-state index >= 15 is 0 Å². The zero-order valence-electron chi connectivity index (χ0n) is 7.69. The van der Waals surface area contributed by atoms with Crippen LogP contribution in [0.15, 0.2) is 0 Å². The number of nitrogens with two attached hydrogens (primary N) is 1. The first-order valence-corrected chi connectivity index (χ1v) is 4.29. The average Bonchev–Trinajstić information content (AvgIpc) is 2.59. The lowest BCUT2D eigenvalue weighted by Gasteiger charge is -2.15. The van der Waals surface area contributed by atoms with E-state index in [1.54, 1.807) is 0 Å². The quantitative estimate of drug-likeness (QED) is 0.592. The first kappa shape index (κ1) is 10.4. The molecule has 1 fully saturated rings. The molecule has 1 saturated heterocycles. The van der Waals surface area contributed by atoms with E-state index in [4.69, 9.17) is 19.9 Å². The highest BCUT2D eigenvalue weighted by molar-refractivity contribution is 5.75. The largest absolute Gasteiger partial charge is 0.458 e. The standard InChI is InChI=1S/C8H15NO4/c1-11-7(4-9)8(10)13-6-2-3-12-5-6/h6-7H,2-5,9H2,1H3. The summed E-state index contributed by atoms with van der Waals surface area (Å²) < 4.78 is 15.0. The second-order valence-electron chi connectivity index (χ2n) is 2.88. The van der Waals surface area contributed by atoms with Crippen LogP contribution in [-0.2, 0) is 19.0 Å². The van der Waals surface area contributed by atoms with E-state index in [1.165, 1.54) is 7.11 Å². The van der Waals surface area contributed by atoms with Gasteiger partial charge in [-0.25, -0.2) is 4.79 Å². The lowest BCUT2D eigenvalue weighted by Crippen LogP contribution is -2.35. The second-order valence-corrected chi connectivity index (χ2v) is 2.88. The summed E-state index contributed by atoms with van der Waals surface area (Å²) in [5.74, 6) is -0.402. The fourth-order valence-corrected chi connectivity index (χ4v) is 1.13. The molecule has 76 valence electrons. The molecular weight excluding hydrogens is 174 g/mol. The van der Waals surface area contributed by atoms with Crippen molar-refractivity contribution in [1.82, 2.24) is 0 Å². The molecular formula is C8H15NO4. The molecule has 0 aliphatic carbocycles. The molecule has 1 aliphatic rings. The summed E-state index contributed by atoms with van der Waals surface area (Å²) in [7, 11) is 1.43. The highest BCUT2D eigenvalue weighted by Crippen LogP contribution is 2.09. The maximum Gasteiger partial charge on any atom is 0.336 e. The Balaban J connectivity index is 2.29. The predicted molar refractivity (Wildman–Crippen MR) is 45.2 cm³/mol. The predicted octanol–water partition coefficient (Wildman–Crippen LogP) is -0.708. The summed E-state index contributed by atoms with van der Waals surface area (Å²) >= 11 is 0. The van der Waals surface area contributed by atoms with Crippen molar-refractivity contribution in [1.29, 1.82) is 0 Å². The van der Waals surface area contributed by atoms with E-state index in [-0.39, 0.29) is 12.6 Å². The molecule has 0 saturated carbocycles. The van der Waals surface area contributed by atoms with Gasteiger partial charge < -0.3 is 19.9 Å². The van der Waals surface area contributed by atoms with E-state index in [1.807, 2.05) is 0 Å². The number of hydrogen-bond donors (Lipinski definition) is 1. The molecule has 0 aromatic heterocycles. The van der Waals surface area contributed by atoms with Crippen LogP contribution in [0.1, 0.15) is 6.42 Å². The zero-order valence-corrected chi connectivity index (χ0v) is 7.69. The maximum absolute atomic E-state index is 11.3. The Morgan fingerprint density at radius 1 is 1.77 bits per heavy atom. The highest BCUT2D eigenvalue weighted by Gasteiger charge is 2.24. The minimum atomic E-state index is -0.652. The Morgan fingerprint density at radius 2 is 2.54 bits per heavy atom. The number of ether oxygens (including phenoxy) is 3. The van der Waals surface area contributed by atoms with E-state index in [9.17, 15) is 4.79 Å². The van der Waals surface area contributed by atoms with Crippen LogP contribution < -0.4 is 5.73 Å². The van der Waals surface area contributed by atoms with Crippen LogP contribution in [0.2, 0.25) is 0 Å². The Morgan fingerprint density at radius 3 is 3.00 bits per heavy atom. The number of esters is 1. The summed E-state index contributed by atoms with van der Waals surface area (Å²) in [6.07, 6.45) is -0.0236. The van der Waals surface area contributed by atoms with Crippen LogP contribution in [0.25, 0.3) is 0 Å². The van der Waals surface area contributed by atoms with Gasteiger partial charge in [0.05, 0.1) is 13.2 Å². The third-order valence-electron chi connectivity index (χ3n) is 1.93. The topological polar surface area (TPSA) is 70.8 Å². The maximum atomic E-state index is 11.3. The Bertz CT molecular complexity index is 164. The monoisotopic (exact) mass is 189 g/mol. The van der Waals surface area contributed by atoms with Crippen molar-refractivity contribution in [2.45, 2.75) is 18.6 Å². The van der Waals surface area contributed by atoms with Crippen LogP contribution in [0.3, 0.4) is 0 Å². The van der Waals surface area contributed by atoms with Gasteiger partial charge in [0.1, 0.15) is 6.10 Å². The van der Waals surface area contributed by atoms with E-state index < -0.39 is 12.1 Å². The van der Waals surface area contributed by atoms with Crippen LogP contribution in [0.4, 0.5) is 0 Å². The molecule has 2 N–H and O–H groups in total. The third-order valence-corrected chi connectivity index (χ3v) is 1.93. The second kappa shape index (κ2) is 5.16. The number of methoxy groups -OCH3 is 1. The van der Waals surface area contributed by atoms with Gasteiger partial charge in [-0.15, -0.1) is 0 Å². The van der Waals surface area contributed by atoms with Gasteiger partial charge in [-0.3, -0.25) is 0 Å².